The fourth-order valence-corrected chi connectivity index (χ4v) is 6.27. The maximum absolute atomic E-state index is 12.9. The lowest BCUT2D eigenvalue weighted by atomic mass is 9.95. The fourth-order valence-electron chi connectivity index (χ4n) is 6.27. The molecule has 3 saturated heterocycles. The van der Waals surface area contributed by atoms with Crippen LogP contribution in [0.25, 0.3) is 5.65 Å². The highest BCUT2D eigenvalue weighted by molar-refractivity contribution is 5.88. The van der Waals surface area contributed by atoms with E-state index in [9.17, 15) is 19.8 Å². The Morgan fingerprint density at radius 2 is 1.60 bits per heavy atom. The number of anilines is 2. The Morgan fingerprint density at radius 3 is 2.27 bits per heavy atom. The van der Waals surface area contributed by atoms with Crippen molar-refractivity contribution in [2.45, 2.75) is 44.2 Å². The minimum Gasteiger partial charge on any atom is -0.478 e. The Labute approximate surface area is 232 Å². The molecule has 0 aliphatic carbocycles. The summed E-state index contributed by atoms with van der Waals surface area (Å²) in [6.45, 7) is 6.81. The van der Waals surface area contributed by atoms with Crippen LogP contribution in [0.1, 0.15) is 42.1 Å². The van der Waals surface area contributed by atoms with E-state index in [1.54, 1.807) is 18.3 Å². The van der Waals surface area contributed by atoms with Gasteiger partial charge in [-0.05, 0) is 61.9 Å². The lowest BCUT2D eigenvalue weighted by Crippen LogP contribution is -2.50. The molecular weight excluding hydrogens is 514 g/mol. The van der Waals surface area contributed by atoms with Gasteiger partial charge in [0.25, 0.3) is 0 Å². The highest BCUT2D eigenvalue weighted by Gasteiger charge is 2.31. The largest absolute Gasteiger partial charge is 0.478 e. The Hall–Kier alpha value is -3.45. The maximum atomic E-state index is 12.9. The van der Waals surface area contributed by atoms with Crippen LogP contribution in [0.15, 0.2) is 47.4 Å². The normalized spacial score (nSPS) is 25.0. The summed E-state index contributed by atoms with van der Waals surface area (Å²) in [6, 6.07) is 10.5. The molecule has 40 heavy (non-hydrogen) atoms. The molecule has 12 nitrogen and oxygen atoms in total. The monoisotopic (exact) mass is 551 g/mol. The molecule has 0 radical (unpaired) electrons. The van der Waals surface area contributed by atoms with Crippen molar-refractivity contribution >= 4 is 23.0 Å². The number of rotatable bonds is 6. The van der Waals surface area contributed by atoms with Crippen molar-refractivity contribution in [2.24, 2.45) is 5.92 Å². The summed E-state index contributed by atoms with van der Waals surface area (Å²) >= 11 is 0. The third kappa shape index (κ3) is 5.44. The molecule has 0 amide bonds. The third-order valence-electron chi connectivity index (χ3n) is 8.66. The van der Waals surface area contributed by atoms with Gasteiger partial charge in [-0.15, -0.1) is 5.10 Å². The van der Waals surface area contributed by atoms with E-state index in [0.717, 1.165) is 70.0 Å². The van der Waals surface area contributed by atoms with E-state index >= 15 is 0 Å². The number of aliphatic hydroxyl groups is 2. The topological polar surface area (TPSA) is 139 Å². The SMILES string of the molecule is O=C(O)c1ccc(N2CCC(CN3CCN(c4ccn5c(=O)n(C6CCC(O)NC6O)nc5c4)CC3)CC2)cc1. The molecule has 0 bridgehead atoms. The molecule has 1 aromatic carbocycles. The summed E-state index contributed by atoms with van der Waals surface area (Å²) in [5.41, 5.74) is 2.69. The summed E-state index contributed by atoms with van der Waals surface area (Å²) in [4.78, 5) is 31.3. The summed E-state index contributed by atoms with van der Waals surface area (Å²) in [5, 5.41) is 36.3. The number of hydrogen-bond acceptors (Lipinski definition) is 9. The molecule has 3 aliphatic rings. The van der Waals surface area contributed by atoms with Crippen LogP contribution in [0.3, 0.4) is 0 Å². The van der Waals surface area contributed by atoms with Crippen LogP contribution in [-0.2, 0) is 0 Å². The van der Waals surface area contributed by atoms with Crippen molar-refractivity contribution in [3.05, 3.63) is 58.6 Å². The van der Waals surface area contributed by atoms with Gasteiger partial charge < -0.3 is 25.1 Å². The summed E-state index contributed by atoms with van der Waals surface area (Å²) in [6.07, 6.45) is 3.10. The molecule has 3 aliphatic heterocycles. The predicted octanol–water partition coefficient (Wildman–Crippen LogP) is 0.794. The first-order chi connectivity index (χ1) is 19.4. The summed E-state index contributed by atoms with van der Waals surface area (Å²) in [5.74, 6) is -0.244. The van der Waals surface area contributed by atoms with E-state index in [0.29, 0.717) is 30.0 Å². The lowest BCUT2D eigenvalue weighted by Gasteiger charge is -2.40. The number of aromatic nitrogens is 3. The number of aromatic carboxylic acids is 1. The molecule has 0 saturated carbocycles. The van der Waals surface area contributed by atoms with E-state index in [1.807, 2.05) is 24.3 Å². The van der Waals surface area contributed by atoms with E-state index < -0.39 is 24.5 Å². The Balaban J connectivity index is 1.02. The Kier molecular flexibility index (Phi) is 7.49. The van der Waals surface area contributed by atoms with Crippen molar-refractivity contribution in [3.63, 3.8) is 0 Å². The van der Waals surface area contributed by atoms with Crippen LogP contribution in [0.2, 0.25) is 0 Å². The lowest BCUT2D eigenvalue weighted by molar-refractivity contribution is -0.0317. The number of carbonyl (C=O) groups is 1. The molecule has 4 N–H and O–H groups in total. The standard InChI is InChI=1S/C28H37N7O5/c36-25-6-5-23(26(37)29-25)35-28(40)34-12-9-22(17-24(34)30-35)33-15-13-31(14-16-33)18-19-7-10-32(11-8-19)21-3-1-20(2-4-21)27(38)39/h1-4,9,12,17,19,23,25-26,29,36-37H,5-8,10-11,13-16,18H2,(H,38,39). The van der Waals surface area contributed by atoms with Crippen LogP contribution in [0.5, 0.6) is 0 Å². The molecule has 5 heterocycles. The molecule has 214 valence electrons. The van der Waals surface area contributed by atoms with Crippen molar-refractivity contribution in [1.29, 1.82) is 0 Å². The molecule has 12 heteroatoms. The van der Waals surface area contributed by atoms with Gasteiger partial charge in [-0.2, -0.15) is 0 Å². The van der Waals surface area contributed by atoms with Gasteiger partial charge in [-0.1, -0.05) is 0 Å². The second kappa shape index (κ2) is 11.2. The maximum Gasteiger partial charge on any atom is 0.350 e. The molecule has 2 aromatic heterocycles. The molecule has 0 spiro atoms. The van der Waals surface area contributed by atoms with E-state index in [1.165, 1.54) is 9.08 Å². The molecule has 3 aromatic rings. The molecule has 3 atom stereocenters. The van der Waals surface area contributed by atoms with Gasteiger partial charge in [0.05, 0.1) is 11.6 Å². The average molecular weight is 552 g/mol. The zero-order valence-corrected chi connectivity index (χ0v) is 22.5. The van der Waals surface area contributed by atoms with E-state index in [4.69, 9.17) is 5.11 Å². The van der Waals surface area contributed by atoms with Crippen molar-refractivity contribution in [3.8, 4) is 0 Å². The smallest absolute Gasteiger partial charge is 0.350 e. The van der Waals surface area contributed by atoms with Gasteiger partial charge >= 0.3 is 11.7 Å². The molecule has 3 fully saturated rings. The second-order valence-corrected chi connectivity index (χ2v) is 11.2. The quantitative estimate of drug-likeness (QED) is 0.348. The van der Waals surface area contributed by atoms with Crippen molar-refractivity contribution < 1.29 is 20.1 Å². The van der Waals surface area contributed by atoms with Crippen LogP contribution < -0.4 is 20.8 Å². The van der Waals surface area contributed by atoms with Crippen molar-refractivity contribution in [2.75, 3.05) is 55.6 Å². The second-order valence-electron chi connectivity index (χ2n) is 11.2. The number of hydrogen-bond donors (Lipinski definition) is 4. The number of carboxylic acid groups (broad SMARTS) is 1. The number of pyridine rings is 1. The first kappa shape index (κ1) is 26.8. The highest BCUT2D eigenvalue weighted by Crippen LogP contribution is 2.26. The minimum absolute atomic E-state index is 0.295. The van der Waals surface area contributed by atoms with Crippen LogP contribution in [0, 0.1) is 5.92 Å². The van der Waals surface area contributed by atoms with Gasteiger partial charge in [-0.25, -0.2) is 14.3 Å². The first-order valence-electron chi connectivity index (χ1n) is 14.1. The number of aliphatic hydroxyl groups excluding tert-OH is 2. The zero-order chi connectivity index (χ0) is 27.8. The number of fused-ring (bicyclic) bond motifs is 1. The average Bonchev–Trinajstić information content (AvgIpc) is 3.29. The summed E-state index contributed by atoms with van der Waals surface area (Å²) < 4.78 is 2.83. The molecule has 3 unspecified atom stereocenters. The van der Waals surface area contributed by atoms with E-state index in [-0.39, 0.29) is 5.69 Å². The third-order valence-corrected chi connectivity index (χ3v) is 8.66. The highest BCUT2D eigenvalue weighted by atomic mass is 16.4. The van der Waals surface area contributed by atoms with Gasteiger partial charge in [0.15, 0.2) is 5.65 Å². The number of nitrogens with zero attached hydrogens (tertiary/aromatic N) is 6. The number of piperidine rings is 2. The Bertz CT molecular complexity index is 1390. The number of benzene rings is 1. The fraction of sp³-hybridized carbons (Fsp3) is 0.536. The number of nitrogens with one attached hydrogen (secondary N) is 1. The van der Waals surface area contributed by atoms with E-state index in [2.05, 4.69) is 25.1 Å². The van der Waals surface area contributed by atoms with Gasteiger partial charge in [0, 0.05) is 69.5 Å². The Morgan fingerprint density at radius 1 is 0.900 bits per heavy atom. The molecular formula is C28H37N7O5. The summed E-state index contributed by atoms with van der Waals surface area (Å²) in [7, 11) is 0. The van der Waals surface area contributed by atoms with Crippen LogP contribution in [-0.4, -0.2) is 98.6 Å². The number of piperazine rings is 1. The zero-order valence-electron chi connectivity index (χ0n) is 22.5. The van der Waals surface area contributed by atoms with Crippen LogP contribution >= 0.6 is 0 Å². The minimum atomic E-state index is -1.03. The van der Waals surface area contributed by atoms with Gasteiger partial charge in [-0.3, -0.25) is 14.6 Å². The first-order valence-corrected chi connectivity index (χ1v) is 14.1. The predicted molar refractivity (Wildman–Crippen MR) is 150 cm³/mol. The van der Waals surface area contributed by atoms with Gasteiger partial charge in [0.2, 0.25) is 0 Å². The molecule has 6 rings (SSSR count). The van der Waals surface area contributed by atoms with Crippen LogP contribution in [0.4, 0.5) is 11.4 Å². The van der Waals surface area contributed by atoms with Crippen molar-refractivity contribution in [1.82, 2.24) is 24.4 Å². The number of carboxylic acids is 1. The van der Waals surface area contributed by atoms with Gasteiger partial charge in [0.1, 0.15) is 12.5 Å².